The first-order valence-electron chi connectivity index (χ1n) is 7.98. The van der Waals surface area contributed by atoms with Crippen LogP contribution in [-0.2, 0) is 4.79 Å². The zero-order chi connectivity index (χ0) is 15.1. The molecule has 4 nitrogen and oxygen atoms in total. The van der Waals surface area contributed by atoms with E-state index in [-0.39, 0.29) is 5.91 Å². The van der Waals surface area contributed by atoms with Crippen LogP contribution >= 0.6 is 0 Å². The molecule has 1 aliphatic carbocycles. The van der Waals surface area contributed by atoms with Gasteiger partial charge in [-0.15, -0.1) is 0 Å². The van der Waals surface area contributed by atoms with Crippen LogP contribution in [0.4, 0.5) is 5.69 Å². The molecule has 1 fully saturated rings. The lowest BCUT2D eigenvalue weighted by molar-refractivity contribution is -0.120. The Hall–Kier alpha value is -1.55. The molecule has 2 N–H and O–H groups in total. The van der Waals surface area contributed by atoms with Gasteiger partial charge in [0, 0.05) is 25.3 Å². The molecule has 1 saturated carbocycles. The largest absolute Gasteiger partial charge is 0.370 e. The maximum absolute atomic E-state index is 11.7. The summed E-state index contributed by atoms with van der Waals surface area (Å²) in [6, 6.07) is 8.48. The van der Waals surface area contributed by atoms with Gasteiger partial charge >= 0.3 is 0 Å². The van der Waals surface area contributed by atoms with Crippen molar-refractivity contribution in [2.24, 2.45) is 5.92 Å². The van der Waals surface area contributed by atoms with Gasteiger partial charge in [-0.05, 0) is 56.8 Å². The van der Waals surface area contributed by atoms with Crippen LogP contribution in [0.5, 0.6) is 0 Å². The standard InChI is InChI=1S/C17H27N3O/c1-3-20(16-6-4-5-14(2)11-16)10-9-19-17(21)13-18-12-15-7-8-15/h4-6,11,15,18H,3,7-10,12-13H2,1-2H3,(H,19,21). The molecule has 4 heteroatoms. The molecule has 0 atom stereocenters. The van der Waals surface area contributed by atoms with E-state index in [4.69, 9.17) is 0 Å². The van der Waals surface area contributed by atoms with Crippen LogP contribution in [0, 0.1) is 12.8 Å². The number of amides is 1. The lowest BCUT2D eigenvalue weighted by Crippen LogP contribution is -2.39. The Morgan fingerprint density at radius 2 is 2.19 bits per heavy atom. The van der Waals surface area contributed by atoms with Crippen molar-refractivity contribution in [3.63, 3.8) is 0 Å². The predicted octanol–water partition coefficient (Wildman–Crippen LogP) is 1.94. The summed E-state index contributed by atoms with van der Waals surface area (Å²) in [6.07, 6.45) is 2.63. The summed E-state index contributed by atoms with van der Waals surface area (Å²) in [5.74, 6) is 0.908. The van der Waals surface area contributed by atoms with Crippen LogP contribution in [0.2, 0.25) is 0 Å². The molecule has 1 aromatic carbocycles. The Morgan fingerprint density at radius 3 is 2.86 bits per heavy atom. The molecule has 0 bridgehead atoms. The summed E-state index contributed by atoms with van der Waals surface area (Å²) in [5.41, 5.74) is 2.48. The monoisotopic (exact) mass is 289 g/mol. The van der Waals surface area contributed by atoms with E-state index in [1.54, 1.807) is 0 Å². The number of carbonyl (C=O) groups is 1. The number of benzene rings is 1. The molecule has 1 aliphatic rings. The highest BCUT2D eigenvalue weighted by molar-refractivity contribution is 5.78. The molecule has 0 heterocycles. The van der Waals surface area contributed by atoms with Crippen LogP contribution in [0.3, 0.4) is 0 Å². The van der Waals surface area contributed by atoms with Gasteiger partial charge in [-0.3, -0.25) is 4.79 Å². The van der Waals surface area contributed by atoms with E-state index in [1.165, 1.54) is 24.1 Å². The van der Waals surface area contributed by atoms with E-state index in [0.29, 0.717) is 13.1 Å². The van der Waals surface area contributed by atoms with Gasteiger partial charge in [0.15, 0.2) is 0 Å². The van der Waals surface area contributed by atoms with Crippen molar-refractivity contribution in [1.29, 1.82) is 0 Å². The summed E-state index contributed by atoms with van der Waals surface area (Å²) in [4.78, 5) is 14.0. The highest BCUT2D eigenvalue weighted by Crippen LogP contribution is 2.27. The van der Waals surface area contributed by atoms with Gasteiger partial charge in [-0.25, -0.2) is 0 Å². The smallest absolute Gasteiger partial charge is 0.234 e. The molecule has 0 aromatic heterocycles. The van der Waals surface area contributed by atoms with Gasteiger partial charge in [0.1, 0.15) is 0 Å². The van der Waals surface area contributed by atoms with Crippen LogP contribution in [-0.4, -0.2) is 38.6 Å². The number of nitrogens with zero attached hydrogens (tertiary/aromatic N) is 1. The highest BCUT2D eigenvalue weighted by atomic mass is 16.1. The summed E-state index contributed by atoms with van der Waals surface area (Å²) in [6.45, 7) is 8.14. The first-order chi connectivity index (χ1) is 10.2. The van der Waals surface area contributed by atoms with Crippen LogP contribution < -0.4 is 15.5 Å². The number of hydrogen-bond donors (Lipinski definition) is 2. The van der Waals surface area contributed by atoms with Crippen LogP contribution in [0.1, 0.15) is 25.3 Å². The summed E-state index contributed by atoms with van der Waals surface area (Å²) in [5, 5.41) is 6.20. The third kappa shape index (κ3) is 5.76. The topological polar surface area (TPSA) is 44.4 Å². The molecular weight excluding hydrogens is 262 g/mol. The Labute approximate surface area is 127 Å². The minimum Gasteiger partial charge on any atom is -0.370 e. The van der Waals surface area contributed by atoms with E-state index in [9.17, 15) is 4.79 Å². The van der Waals surface area contributed by atoms with E-state index in [1.807, 2.05) is 0 Å². The molecule has 0 unspecified atom stereocenters. The average Bonchev–Trinajstić information content (AvgIpc) is 3.28. The van der Waals surface area contributed by atoms with E-state index in [0.717, 1.165) is 25.6 Å². The third-order valence-electron chi connectivity index (χ3n) is 3.87. The number of carbonyl (C=O) groups excluding carboxylic acids is 1. The Bertz CT molecular complexity index is 457. The zero-order valence-corrected chi connectivity index (χ0v) is 13.2. The molecule has 21 heavy (non-hydrogen) atoms. The molecular formula is C17H27N3O. The van der Waals surface area contributed by atoms with E-state index in [2.05, 4.69) is 53.6 Å². The van der Waals surface area contributed by atoms with Gasteiger partial charge in [0.2, 0.25) is 5.91 Å². The van der Waals surface area contributed by atoms with Gasteiger partial charge in [-0.1, -0.05) is 12.1 Å². The van der Waals surface area contributed by atoms with Crippen molar-refractivity contribution < 1.29 is 4.79 Å². The summed E-state index contributed by atoms with van der Waals surface area (Å²) >= 11 is 0. The van der Waals surface area contributed by atoms with E-state index < -0.39 is 0 Å². The number of anilines is 1. The van der Waals surface area contributed by atoms with Crippen molar-refractivity contribution in [2.75, 3.05) is 37.6 Å². The maximum atomic E-state index is 11.7. The van der Waals surface area contributed by atoms with Gasteiger partial charge < -0.3 is 15.5 Å². The molecule has 2 rings (SSSR count). The minimum atomic E-state index is 0.0935. The minimum absolute atomic E-state index is 0.0935. The molecule has 0 aliphatic heterocycles. The quantitative estimate of drug-likeness (QED) is 0.730. The Kier molecular flexibility index (Phi) is 6.05. The zero-order valence-electron chi connectivity index (χ0n) is 13.2. The number of aryl methyl sites for hydroxylation is 1. The van der Waals surface area contributed by atoms with Gasteiger partial charge in [0.25, 0.3) is 0 Å². The summed E-state index contributed by atoms with van der Waals surface area (Å²) < 4.78 is 0. The number of rotatable bonds is 9. The SMILES string of the molecule is CCN(CCNC(=O)CNCC1CC1)c1cccc(C)c1. The lowest BCUT2D eigenvalue weighted by atomic mass is 10.2. The fraction of sp³-hybridized carbons (Fsp3) is 0.588. The van der Waals surface area contributed by atoms with Crippen molar-refractivity contribution in [3.05, 3.63) is 29.8 Å². The van der Waals surface area contributed by atoms with Crippen molar-refractivity contribution in [2.45, 2.75) is 26.7 Å². The Morgan fingerprint density at radius 1 is 1.38 bits per heavy atom. The number of hydrogen-bond acceptors (Lipinski definition) is 3. The normalized spacial score (nSPS) is 14.0. The van der Waals surface area contributed by atoms with Gasteiger partial charge in [0.05, 0.1) is 6.54 Å². The molecule has 1 amide bonds. The number of nitrogens with one attached hydrogen (secondary N) is 2. The second-order valence-electron chi connectivity index (χ2n) is 5.84. The van der Waals surface area contributed by atoms with Crippen LogP contribution in [0.15, 0.2) is 24.3 Å². The Balaban J connectivity index is 1.66. The lowest BCUT2D eigenvalue weighted by Gasteiger charge is -2.23. The molecule has 116 valence electrons. The molecule has 0 saturated heterocycles. The summed E-state index contributed by atoms with van der Waals surface area (Å²) in [7, 11) is 0. The molecule has 1 aromatic rings. The van der Waals surface area contributed by atoms with Crippen molar-refractivity contribution in [3.8, 4) is 0 Å². The second-order valence-corrected chi connectivity index (χ2v) is 5.84. The van der Waals surface area contributed by atoms with Crippen molar-refractivity contribution >= 4 is 11.6 Å². The number of likely N-dealkylation sites (N-methyl/N-ethyl adjacent to an activating group) is 1. The average molecular weight is 289 g/mol. The predicted molar refractivity (Wildman–Crippen MR) is 87.7 cm³/mol. The third-order valence-corrected chi connectivity index (χ3v) is 3.87. The first kappa shape index (κ1) is 15.8. The fourth-order valence-electron chi connectivity index (χ4n) is 2.40. The van der Waals surface area contributed by atoms with Gasteiger partial charge in [-0.2, -0.15) is 0 Å². The highest BCUT2D eigenvalue weighted by Gasteiger charge is 2.20. The second kappa shape index (κ2) is 8.03. The fourth-order valence-corrected chi connectivity index (χ4v) is 2.40. The first-order valence-corrected chi connectivity index (χ1v) is 7.98. The molecule has 0 spiro atoms. The molecule has 0 radical (unpaired) electrons. The van der Waals surface area contributed by atoms with Crippen molar-refractivity contribution in [1.82, 2.24) is 10.6 Å². The maximum Gasteiger partial charge on any atom is 0.234 e. The van der Waals surface area contributed by atoms with E-state index >= 15 is 0 Å². The van der Waals surface area contributed by atoms with Crippen LogP contribution in [0.25, 0.3) is 0 Å².